The number of nitrogens with two attached hydrogens (primary N) is 1. The van der Waals surface area contributed by atoms with Gasteiger partial charge in [-0.3, -0.25) is 9.79 Å². The molecule has 1 aliphatic carbocycles. The Labute approximate surface area is 174 Å². The van der Waals surface area contributed by atoms with Crippen molar-refractivity contribution in [2.24, 2.45) is 22.1 Å². The quantitative estimate of drug-likeness (QED) is 0.778. The lowest BCUT2D eigenvalue weighted by atomic mass is 9.61. The number of hydrogen-bond donors (Lipinski definition) is 1. The molecule has 3 heterocycles. The Kier molecular flexibility index (Phi) is 4.07. The first-order valence-electron chi connectivity index (χ1n) is 10.1. The number of primary amides is 1. The van der Waals surface area contributed by atoms with Gasteiger partial charge in [0.1, 0.15) is 16.9 Å². The number of aromatic nitrogens is 1. The molecule has 30 heavy (non-hydrogen) atoms. The van der Waals surface area contributed by atoms with Crippen LogP contribution in [0.1, 0.15) is 22.6 Å². The number of carbonyl (C=O) groups is 1. The molecule has 1 aromatic carbocycles. The van der Waals surface area contributed by atoms with Gasteiger partial charge in [-0.25, -0.2) is 0 Å². The van der Waals surface area contributed by atoms with Crippen molar-refractivity contribution < 1.29 is 14.1 Å². The van der Waals surface area contributed by atoms with E-state index in [-0.39, 0.29) is 5.92 Å². The van der Waals surface area contributed by atoms with Crippen LogP contribution in [0.25, 0.3) is 5.57 Å². The predicted octanol–water partition coefficient (Wildman–Crippen LogP) is 3.31. The smallest absolute Gasteiger partial charge is 0.232 e. The van der Waals surface area contributed by atoms with E-state index >= 15 is 0 Å². The Morgan fingerprint density at radius 1 is 1.27 bits per heavy atom. The van der Waals surface area contributed by atoms with Crippen LogP contribution in [-0.4, -0.2) is 29.4 Å². The summed E-state index contributed by atoms with van der Waals surface area (Å²) in [5.41, 5.74) is 7.78. The van der Waals surface area contributed by atoms with Crippen molar-refractivity contribution in [3.63, 3.8) is 0 Å². The van der Waals surface area contributed by atoms with E-state index in [0.717, 1.165) is 28.2 Å². The van der Waals surface area contributed by atoms with Crippen LogP contribution < -0.4 is 5.73 Å². The number of benzene rings is 1. The molecular weight excluding hydrogens is 378 g/mol. The van der Waals surface area contributed by atoms with Crippen molar-refractivity contribution >= 4 is 17.7 Å². The second kappa shape index (κ2) is 6.55. The highest BCUT2D eigenvalue weighted by Crippen LogP contribution is 2.64. The fraction of sp³-hybridized carbons (Fsp3) is 0.292. The largest absolute Gasteiger partial charge is 0.477 e. The summed E-state index contributed by atoms with van der Waals surface area (Å²) in [4.78, 5) is 17.6. The maximum absolute atomic E-state index is 13.2. The molecule has 0 bridgehead atoms. The molecule has 2 aromatic rings. The lowest BCUT2D eigenvalue weighted by Crippen LogP contribution is -2.53. The van der Waals surface area contributed by atoms with Gasteiger partial charge in [-0.15, -0.1) is 0 Å². The summed E-state index contributed by atoms with van der Waals surface area (Å²) in [6.45, 7) is 4.31. The van der Waals surface area contributed by atoms with Crippen LogP contribution in [0.5, 0.6) is 0 Å². The van der Waals surface area contributed by atoms with E-state index in [2.05, 4.69) is 16.2 Å². The molecule has 6 nitrogen and oxygen atoms in total. The zero-order valence-electron chi connectivity index (χ0n) is 17.0. The number of allylic oxidation sites excluding steroid dienone is 3. The van der Waals surface area contributed by atoms with Gasteiger partial charge in [0.15, 0.2) is 5.60 Å². The monoisotopic (exact) mass is 401 g/mol. The first-order valence-corrected chi connectivity index (χ1v) is 10.1. The van der Waals surface area contributed by atoms with Crippen molar-refractivity contribution in [1.82, 2.24) is 5.16 Å². The number of fused-ring (bicyclic) bond motifs is 1. The predicted molar refractivity (Wildman–Crippen MR) is 114 cm³/mol. The van der Waals surface area contributed by atoms with Gasteiger partial charge >= 0.3 is 0 Å². The van der Waals surface area contributed by atoms with Gasteiger partial charge in [0.25, 0.3) is 0 Å². The van der Waals surface area contributed by atoms with Gasteiger partial charge in [-0.2, -0.15) is 0 Å². The van der Waals surface area contributed by atoms with Gasteiger partial charge in [-0.05, 0) is 43.6 Å². The van der Waals surface area contributed by atoms with Crippen molar-refractivity contribution in [2.45, 2.75) is 25.9 Å². The fourth-order valence-electron chi connectivity index (χ4n) is 4.97. The highest BCUT2D eigenvalue weighted by atomic mass is 16.6. The van der Waals surface area contributed by atoms with E-state index < -0.39 is 16.9 Å². The number of nitrogens with zero attached hydrogens (tertiary/aromatic N) is 2. The van der Waals surface area contributed by atoms with Crippen LogP contribution in [0.15, 0.2) is 69.9 Å². The molecule has 1 saturated heterocycles. The molecule has 3 unspecified atom stereocenters. The van der Waals surface area contributed by atoms with Gasteiger partial charge < -0.3 is 15.0 Å². The number of ether oxygens (including phenoxy) is 1. The van der Waals surface area contributed by atoms with Crippen LogP contribution >= 0.6 is 0 Å². The SMILES string of the molecule is Cc1noc(C)c1C1=CC(Cc2ccccc2)(C(N)=O)C2(C3C=CC=NC3)OC2=C1. The van der Waals surface area contributed by atoms with Gasteiger partial charge in [0.05, 0.1) is 5.69 Å². The summed E-state index contributed by atoms with van der Waals surface area (Å²) in [7, 11) is 0. The number of aliphatic imine (C=N–C) groups is 1. The maximum atomic E-state index is 13.2. The topological polar surface area (TPSA) is 94.0 Å². The zero-order chi connectivity index (χ0) is 20.9. The second-order valence-electron chi connectivity index (χ2n) is 8.15. The number of hydrogen-bond acceptors (Lipinski definition) is 5. The van der Waals surface area contributed by atoms with Crippen molar-refractivity contribution in [2.75, 3.05) is 6.54 Å². The second-order valence-corrected chi connectivity index (χ2v) is 8.15. The van der Waals surface area contributed by atoms with E-state index in [1.807, 2.05) is 62.4 Å². The van der Waals surface area contributed by atoms with Crippen LogP contribution in [0, 0.1) is 25.2 Å². The van der Waals surface area contributed by atoms with E-state index in [4.69, 9.17) is 15.0 Å². The minimum Gasteiger partial charge on any atom is -0.477 e. The van der Waals surface area contributed by atoms with E-state index in [1.165, 1.54) is 0 Å². The molecule has 152 valence electrons. The Hall–Kier alpha value is -3.41. The highest BCUT2D eigenvalue weighted by molar-refractivity contribution is 5.94. The third-order valence-corrected chi connectivity index (χ3v) is 6.39. The fourth-order valence-corrected chi connectivity index (χ4v) is 4.97. The van der Waals surface area contributed by atoms with Gasteiger partial charge in [0.2, 0.25) is 5.91 Å². The Morgan fingerprint density at radius 2 is 2.07 bits per heavy atom. The summed E-state index contributed by atoms with van der Waals surface area (Å²) in [6, 6.07) is 9.91. The molecule has 1 fully saturated rings. The molecular formula is C24H23N3O3. The van der Waals surface area contributed by atoms with Crippen molar-refractivity contribution in [3.8, 4) is 0 Å². The minimum atomic E-state index is -1.06. The van der Waals surface area contributed by atoms with E-state index in [1.54, 1.807) is 6.21 Å². The first kappa shape index (κ1) is 18.6. The van der Waals surface area contributed by atoms with Crippen LogP contribution in [0.2, 0.25) is 0 Å². The lowest BCUT2D eigenvalue weighted by molar-refractivity contribution is -0.129. The molecule has 0 saturated carbocycles. The average Bonchev–Trinajstić information content (AvgIpc) is 3.41. The standard InChI is InChI=1S/C24H23N3O3/c1-15-21(16(2)30-27-15)18-11-20-24(29-20,19-9-6-10-26-14-19)23(13-18,22(25)28)12-17-7-4-3-5-8-17/h3-11,13,19H,12,14H2,1-2H3,(H2,25,28). The molecule has 5 rings (SSSR count). The molecule has 6 heteroatoms. The lowest BCUT2D eigenvalue weighted by Gasteiger charge is -2.38. The molecule has 0 spiro atoms. The number of carbonyl (C=O) groups excluding carboxylic acids is 1. The maximum Gasteiger partial charge on any atom is 0.232 e. The van der Waals surface area contributed by atoms with Crippen LogP contribution in [0.4, 0.5) is 0 Å². The number of rotatable bonds is 5. The Balaban J connectivity index is 1.71. The Bertz CT molecular complexity index is 1120. The van der Waals surface area contributed by atoms with E-state index in [9.17, 15) is 4.79 Å². The molecule has 3 atom stereocenters. The normalized spacial score (nSPS) is 28.9. The van der Waals surface area contributed by atoms with Crippen molar-refractivity contribution in [3.05, 3.63) is 83.0 Å². The third kappa shape index (κ3) is 2.53. The van der Waals surface area contributed by atoms with E-state index in [0.29, 0.717) is 18.7 Å². The van der Waals surface area contributed by atoms with Gasteiger partial charge in [-0.1, -0.05) is 47.6 Å². The summed E-state index contributed by atoms with van der Waals surface area (Å²) in [5, 5.41) is 4.08. The summed E-state index contributed by atoms with van der Waals surface area (Å²) in [6.07, 6.45) is 10.1. The molecule has 3 aliphatic rings. The molecule has 1 aromatic heterocycles. The van der Waals surface area contributed by atoms with Gasteiger partial charge in [0, 0.05) is 24.2 Å². The summed E-state index contributed by atoms with van der Waals surface area (Å²) < 4.78 is 11.7. The first-order chi connectivity index (χ1) is 14.5. The molecule has 0 radical (unpaired) electrons. The van der Waals surface area contributed by atoms with Crippen molar-refractivity contribution in [1.29, 1.82) is 0 Å². The number of dihydropyridines is 1. The Morgan fingerprint density at radius 3 is 2.70 bits per heavy atom. The summed E-state index contributed by atoms with van der Waals surface area (Å²) >= 11 is 0. The van der Waals surface area contributed by atoms with Crippen LogP contribution in [-0.2, 0) is 16.0 Å². The number of epoxide rings is 1. The molecule has 2 N–H and O–H groups in total. The highest BCUT2D eigenvalue weighted by Gasteiger charge is 2.73. The third-order valence-electron chi connectivity index (χ3n) is 6.39. The molecule has 2 aliphatic heterocycles. The average molecular weight is 401 g/mol. The minimum absolute atomic E-state index is 0.0765. The zero-order valence-corrected chi connectivity index (χ0v) is 17.0. The summed E-state index contributed by atoms with van der Waals surface area (Å²) in [5.74, 6) is 0.972. The number of aryl methyl sites for hydroxylation is 2. The van der Waals surface area contributed by atoms with Crippen LogP contribution in [0.3, 0.4) is 0 Å². The number of amides is 1. The molecule has 1 amide bonds.